The lowest BCUT2D eigenvalue weighted by Gasteiger charge is -2.36. The molecule has 0 N–H and O–H groups in total. The van der Waals surface area contributed by atoms with Crippen molar-refractivity contribution in [3.8, 4) is 11.1 Å². The fourth-order valence-corrected chi connectivity index (χ4v) is 3.49. The van der Waals surface area contributed by atoms with Crippen molar-refractivity contribution in [2.45, 2.75) is 27.7 Å². The molecule has 1 aliphatic rings. The highest BCUT2D eigenvalue weighted by Gasteiger charge is 2.31. The van der Waals surface area contributed by atoms with Crippen LogP contribution in [-0.2, 0) is 4.74 Å². The molecule has 2 aromatic rings. The summed E-state index contributed by atoms with van der Waals surface area (Å²) in [6.45, 7) is 10.1. The van der Waals surface area contributed by atoms with E-state index in [1.807, 2.05) is 37.8 Å². The van der Waals surface area contributed by atoms with Crippen molar-refractivity contribution in [2.75, 3.05) is 37.7 Å². The second kappa shape index (κ2) is 6.94. The highest BCUT2D eigenvalue weighted by atomic mass is 16.6. The molecule has 1 aliphatic heterocycles. The summed E-state index contributed by atoms with van der Waals surface area (Å²) in [5.41, 5.74) is 4.24. The standard InChI is InChI=1S/C20H24N2O4/c1-5-26-20(25)22-8-6-21(7-9-22)17-16(18(23)19(17)24)15-11-13(3)12(2)10-14(15)4/h10-11H,5-9H2,1-4H3. The number of piperazine rings is 1. The van der Waals surface area contributed by atoms with E-state index in [2.05, 4.69) is 0 Å². The molecule has 6 nitrogen and oxygen atoms in total. The zero-order chi connectivity index (χ0) is 19.0. The van der Waals surface area contributed by atoms with E-state index in [9.17, 15) is 14.4 Å². The van der Waals surface area contributed by atoms with E-state index in [0.717, 1.165) is 22.3 Å². The fraction of sp³-hybridized carbons (Fsp3) is 0.450. The molecule has 0 aromatic heterocycles. The van der Waals surface area contributed by atoms with Crippen LogP contribution in [0.2, 0.25) is 0 Å². The topological polar surface area (TPSA) is 66.9 Å². The molecular formula is C20H24N2O4. The van der Waals surface area contributed by atoms with Gasteiger partial charge in [-0.25, -0.2) is 4.79 Å². The van der Waals surface area contributed by atoms with Gasteiger partial charge in [0.1, 0.15) is 5.69 Å². The van der Waals surface area contributed by atoms with Gasteiger partial charge in [-0.15, -0.1) is 0 Å². The molecule has 0 bridgehead atoms. The Morgan fingerprint density at radius 2 is 1.58 bits per heavy atom. The lowest BCUT2D eigenvalue weighted by Crippen LogP contribution is -2.53. The summed E-state index contributed by atoms with van der Waals surface area (Å²) in [6, 6.07) is 4.03. The molecule has 26 heavy (non-hydrogen) atoms. The van der Waals surface area contributed by atoms with Crippen molar-refractivity contribution in [1.29, 1.82) is 0 Å². The Balaban J connectivity index is 1.87. The van der Waals surface area contributed by atoms with E-state index >= 15 is 0 Å². The molecule has 6 heteroatoms. The maximum Gasteiger partial charge on any atom is 0.409 e. The number of aryl methyl sites for hydroxylation is 3. The minimum atomic E-state index is -0.429. The van der Waals surface area contributed by atoms with Crippen molar-refractivity contribution in [3.63, 3.8) is 0 Å². The van der Waals surface area contributed by atoms with E-state index in [0.29, 0.717) is 44.0 Å². The van der Waals surface area contributed by atoms with E-state index in [1.165, 1.54) is 0 Å². The summed E-state index contributed by atoms with van der Waals surface area (Å²) in [7, 11) is 0. The Labute approximate surface area is 152 Å². The smallest absolute Gasteiger partial charge is 0.409 e. The van der Waals surface area contributed by atoms with E-state index in [4.69, 9.17) is 4.74 Å². The monoisotopic (exact) mass is 356 g/mol. The molecule has 1 amide bonds. The van der Waals surface area contributed by atoms with Crippen LogP contribution in [0.15, 0.2) is 21.7 Å². The number of carbonyl (C=O) groups is 1. The Morgan fingerprint density at radius 3 is 2.19 bits per heavy atom. The van der Waals surface area contributed by atoms with Gasteiger partial charge < -0.3 is 14.5 Å². The summed E-state index contributed by atoms with van der Waals surface area (Å²) < 4.78 is 5.02. The van der Waals surface area contributed by atoms with Crippen LogP contribution in [0.4, 0.5) is 10.5 Å². The largest absolute Gasteiger partial charge is 0.450 e. The Morgan fingerprint density at radius 1 is 0.962 bits per heavy atom. The van der Waals surface area contributed by atoms with Crippen LogP contribution in [0.1, 0.15) is 23.6 Å². The van der Waals surface area contributed by atoms with Crippen molar-refractivity contribution < 1.29 is 9.53 Å². The molecule has 1 heterocycles. The third-order valence-electron chi connectivity index (χ3n) is 5.12. The third-order valence-corrected chi connectivity index (χ3v) is 5.12. The number of nitrogens with zero attached hydrogens (tertiary/aromatic N) is 2. The van der Waals surface area contributed by atoms with Gasteiger partial charge in [0, 0.05) is 26.2 Å². The number of rotatable bonds is 3. The number of amides is 1. The van der Waals surface area contributed by atoms with Gasteiger partial charge in [-0.2, -0.15) is 0 Å². The predicted octanol–water partition coefficient (Wildman–Crippen LogP) is 2.15. The van der Waals surface area contributed by atoms with Gasteiger partial charge in [-0.3, -0.25) is 9.59 Å². The fourth-order valence-electron chi connectivity index (χ4n) is 3.49. The maximum absolute atomic E-state index is 12.3. The molecule has 0 atom stereocenters. The minimum Gasteiger partial charge on any atom is -0.450 e. The SMILES string of the molecule is CCOC(=O)N1CCN(c2c(-c3cc(C)c(C)cc3C)c(=O)c2=O)CC1. The molecule has 0 radical (unpaired) electrons. The first-order valence-corrected chi connectivity index (χ1v) is 8.93. The van der Waals surface area contributed by atoms with Gasteiger partial charge >= 0.3 is 6.09 Å². The van der Waals surface area contributed by atoms with Crippen LogP contribution in [0.5, 0.6) is 0 Å². The third kappa shape index (κ3) is 3.00. The summed E-state index contributed by atoms with van der Waals surface area (Å²) in [6.07, 6.45) is -0.331. The molecule has 2 aromatic carbocycles. The first-order chi connectivity index (χ1) is 12.3. The van der Waals surface area contributed by atoms with E-state index < -0.39 is 10.9 Å². The average molecular weight is 356 g/mol. The van der Waals surface area contributed by atoms with Gasteiger partial charge in [0.2, 0.25) is 10.9 Å². The van der Waals surface area contributed by atoms with Crippen LogP contribution in [-0.4, -0.2) is 43.8 Å². The van der Waals surface area contributed by atoms with Gasteiger partial charge in [-0.1, -0.05) is 12.1 Å². The molecule has 0 saturated carbocycles. The molecule has 1 saturated heterocycles. The average Bonchev–Trinajstić information content (AvgIpc) is 2.62. The number of hydrogen-bond acceptors (Lipinski definition) is 5. The predicted molar refractivity (Wildman–Crippen MR) is 102 cm³/mol. The van der Waals surface area contributed by atoms with Crippen molar-refractivity contribution in [2.24, 2.45) is 0 Å². The van der Waals surface area contributed by atoms with Gasteiger partial charge in [0.15, 0.2) is 0 Å². The summed E-state index contributed by atoms with van der Waals surface area (Å²) in [5.74, 6) is 0. The molecular weight excluding hydrogens is 332 g/mol. The van der Waals surface area contributed by atoms with Crippen LogP contribution in [0.3, 0.4) is 0 Å². The number of anilines is 1. The van der Waals surface area contributed by atoms with Gasteiger partial charge in [0.05, 0.1) is 12.2 Å². The van der Waals surface area contributed by atoms with Crippen LogP contribution in [0, 0.1) is 20.8 Å². The number of benzene rings is 1. The van der Waals surface area contributed by atoms with E-state index in [-0.39, 0.29) is 6.09 Å². The van der Waals surface area contributed by atoms with Crippen LogP contribution < -0.4 is 15.8 Å². The van der Waals surface area contributed by atoms with Crippen molar-refractivity contribution in [1.82, 2.24) is 4.90 Å². The van der Waals surface area contributed by atoms with Crippen molar-refractivity contribution in [3.05, 3.63) is 49.3 Å². The summed E-state index contributed by atoms with van der Waals surface area (Å²) in [5, 5.41) is 0. The molecule has 0 spiro atoms. The second-order valence-electron chi connectivity index (χ2n) is 6.81. The van der Waals surface area contributed by atoms with Gasteiger partial charge in [-0.05, 0) is 49.9 Å². The number of ether oxygens (including phenoxy) is 1. The Kier molecular flexibility index (Phi) is 4.85. The summed E-state index contributed by atoms with van der Waals surface area (Å²) in [4.78, 5) is 40.0. The first-order valence-electron chi connectivity index (χ1n) is 8.93. The molecule has 3 rings (SSSR count). The molecule has 138 valence electrons. The maximum atomic E-state index is 12.3. The first kappa shape index (κ1) is 18.2. The lowest BCUT2D eigenvalue weighted by atomic mass is 9.91. The Bertz CT molecular complexity index is 917. The molecule has 0 aliphatic carbocycles. The Hall–Kier alpha value is -2.63. The number of hydrogen-bond donors (Lipinski definition) is 0. The van der Waals surface area contributed by atoms with Crippen molar-refractivity contribution >= 4 is 11.8 Å². The van der Waals surface area contributed by atoms with Gasteiger partial charge in [0.25, 0.3) is 0 Å². The van der Waals surface area contributed by atoms with Crippen LogP contribution >= 0.6 is 0 Å². The zero-order valence-corrected chi connectivity index (χ0v) is 15.7. The van der Waals surface area contributed by atoms with E-state index in [1.54, 1.807) is 11.8 Å². The minimum absolute atomic E-state index is 0.331. The number of carbonyl (C=O) groups excluding carboxylic acids is 1. The molecule has 0 unspecified atom stereocenters. The highest BCUT2D eigenvalue weighted by Crippen LogP contribution is 2.31. The zero-order valence-electron chi connectivity index (χ0n) is 15.7. The quantitative estimate of drug-likeness (QED) is 0.789. The summed E-state index contributed by atoms with van der Waals surface area (Å²) >= 11 is 0. The normalized spacial score (nSPS) is 14.8. The van der Waals surface area contributed by atoms with Crippen LogP contribution in [0.25, 0.3) is 11.1 Å². The highest BCUT2D eigenvalue weighted by molar-refractivity contribution is 5.85. The molecule has 1 fully saturated rings. The lowest BCUT2D eigenvalue weighted by molar-refractivity contribution is 0.105. The second-order valence-corrected chi connectivity index (χ2v) is 6.81.